The van der Waals surface area contributed by atoms with Crippen molar-refractivity contribution in [3.63, 3.8) is 0 Å². The number of amides is 2. The molecule has 0 fully saturated rings. The minimum absolute atomic E-state index is 0.0222. The van der Waals surface area contributed by atoms with Gasteiger partial charge in [0.05, 0.1) is 22.0 Å². The summed E-state index contributed by atoms with van der Waals surface area (Å²) >= 11 is 6.19. The summed E-state index contributed by atoms with van der Waals surface area (Å²) in [7, 11) is -4.07. The fourth-order valence-electron chi connectivity index (χ4n) is 3.22. The molecular weight excluding hydrogens is 474 g/mol. The Morgan fingerprint density at radius 1 is 0.882 bits per heavy atom. The molecule has 0 heterocycles. The fourth-order valence-corrected chi connectivity index (χ4v) is 4.87. The number of para-hydroxylation sites is 1. The number of hydrogen-bond acceptors (Lipinski definition) is 4. The zero-order valence-corrected chi connectivity index (χ0v) is 20.8. The fraction of sp³-hybridized carbons (Fsp3) is 0.200. The molecule has 0 aliphatic carbocycles. The van der Waals surface area contributed by atoms with Crippen molar-refractivity contribution < 1.29 is 18.0 Å². The molecule has 178 valence electrons. The Balaban J connectivity index is 1.90. The molecule has 0 saturated heterocycles. The molecule has 0 atom stereocenters. The Morgan fingerprint density at radius 3 is 2.29 bits per heavy atom. The summed E-state index contributed by atoms with van der Waals surface area (Å²) in [5.74, 6) is -0.910. The van der Waals surface area contributed by atoms with Crippen LogP contribution in [0.5, 0.6) is 0 Å². The van der Waals surface area contributed by atoms with Gasteiger partial charge in [-0.15, -0.1) is 0 Å². The molecule has 7 nitrogen and oxygen atoms in total. The second-order valence-electron chi connectivity index (χ2n) is 8.20. The number of carbonyl (C=O) groups excluding carboxylic acids is 2. The highest BCUT2D eigenvalue weighted by Crippen LogP contribution is 2.27. The van der Waals surface area contributed by atoms with E-state index in [9.17, 15) is 18.0 Å². The van der Waals surface area contributed by atoms with Crippen LogP contribution in [-0.2, 0) is 10.0 Å². The van der Waals surface area contributed by atoms with E-state index < -0.39 is 15.9 Å². The zero-order chi connectivity index (χ0) is 25.0. The number of anilines is 2. The molecule has 0 radical (unpaired) electrons. The third-order valence-electron chi connectivity index (χ3n) is 4.96. The number of carbonyl (C=O) groups is 2. The maximum Gasteiger partial charge on any atom is 0.263 e. The van der Waals surface area contributed by atoms with E-state index in [0.717, 1.165) is 11.1 Å². The predicted octanol–water partition coefficient (Wildman–Crippen LogP) is 5.15. The average molecular weight is 500 g/mol. The van der Waals surface area contributed by atoms with Crippen LogP contribution < -0.4 is 15.4 Å². The summed E-state index contributed by atoms with van der Waals surface area (Å²) in [5.41, 5.74) is 2.74. The summed E-state index contributed by atoms with van der Waals surface area (Å²) in [6.07, 6.45) is 0. The normalized spacial score (nSPS) is 11.2. The van der Waals surface area contributed by atoms with Gasteiger partial charge in [-0.05, 0) is 75.2 Å². The molecule has 0 aliphatic heterocycles. The van der Waals surface area contributed by atoms with Gasteiger partial charge < -0.3 is 10.6 Å². The first-order chi connectivity index (χ1) is 16.0. The van der Waals surface area contributed by atoms with Crippen LogP contribution in [0.1, 0.15) is 45.7 Å². The molecule has 3 rings (SSSR count). The Bertz CT molecular complexity index is 1350. The van der Waals surface area contributed by atoms with E-state index >= 15 is 0 Å². The van der Waals surface area contributed by atoms with Crippen LogP contribution in [0.4, 0.5) is 11.4 Å². The third-order valence-corrected chi connectivity index (χ3v) is 6.81. The van der Waals surface area contributed by atoms with Crippen molar-refractivity contribution in [1.29, 1.82) is 0 Å². The first kappa shape index (κ1) is 25.3. The molecule has 0 spiro atoms. The Kier molecular flexibility index (Phi) is 7.64. The van der Waals surface area contributed by atoms with Gasteiger partial charge in [0.2, 0.25) is 0 Å². The van der Waals surface area contributed by atoms with Crippen molar-refractivity contribution in [2.45, 2.75) is 38.6 Å². The number of aryl methyl sites for hydroxylation is 2. The minimum atomic E-state index is -4.07. The van der Waals surface area contributed by atoms with Gasteiger partial charge in [0.25, 0.3) is 21.8 Å². The lowest BCUT2D eigenvalue weighted by molar-refractivity contribution is 0.0944. The number of nitrogens with one attached hydrogen (secondary N) is 3. The lowest BCUT2D eigenvalue weighted by atomic mass is 10.1. The molecule has 3 aromatic rings. The second kappa shape index (κ2) is 10.3. The Morgan fingerprint density at radius 2 is 1.59 bits per heavy atom. The molecule has 9 heteroatoms. The third kappa shape index (κ3) is 5.95. The first-order valence-corrected chi connectivity index (χ1v) is 12.4. The maximum absolute atomic E-state index is 13.1. The predicted molar refractivity (Wildman–Crippen MR) is 135 cm³/mol. The molecule has 0 aliphatic rings. The van der Waals surface area contributed by atoms with E-state index in [1.165, 1.54) is 18.2 Å². The van der Waals surface area contributed by atoms with Gasteiger partial charge in [-0.1, -0.05) is 35.9 Å². The number of halogens is 1. The summed E-state index contributed by atoms with van der Waals surface area (Å²) in [6.45, 7) is 7.31. The quantitative estimate of drug-likeness (QED) is 0.418. The number of sulfonamides is 1. The minimum Gasteiger partial charge on any atom is -0.350 e. The summed E-state index contributed by atoms with van der Waals surface area (Å²) in [4.78, 5) is 25.2. The van der Waals surface area contributed by atoms with Gasteiger partial charge in [0, 0.05) is 11.6 Å². The molecule has 0 bridgehead atoms. The molecule has 0 unspecified atom stereocenters. The monoisotopic (exact) mass is 499 g/mol. The molecule has 34 heavy (non-hydrogen) atoms. The highest BCUT2D eigenvalue weighted by molar-refractivity contribution is 7.92. The van der Waals surface area contributed by atoms with Crippen LogP contribution in [0.25, 0.3) is 0 Å². The summed E-state index contributed by atoms with van der Waals surface area (Å²) in [5, 5.41) is 5.45. The van der Waals surface area contributed by atoms with Gasteiger partial charge in [-0.3, -0.25) is 14.3 Å². The summed E-state index contributed by atoms with van der Waals surface area (Å²) < 4.78 is 28.7. The number of benzene rings is 3. The van der Waals surface area contributed by atoms with Crippen LogP contribution in [0, 0.1) is 13.8 Å². The van der Waals surface area contributed by atoms with Crippen molar-refractivity contribution in [3.8, 4) is 0 Å². The van der Waals surface area contributed by atoms with Crippen molar-refractivity contribution >= 4 is 44.8 Å². The van der Waals surface area contributed by atoms with Crippen LogP contribution in [0.2, 0.25) is 5.02 Å². The zero-order valence-electron chi connectivity index (χ0n) is 19.3. The number of hydrogen-bond donors (Lipinski definition) is 3. The van der Waals surface area contributed by atoms with Crippen molar-refractivity contribution in [2.75, 3.05) is 10.0 Å². The highest BCUT2D eigenvalue weighted by atomic mass is 35.5. The van der Waals surface area contributed by atoms with E-state index in [1.807, 2.05) is 32.9 Å². The van der Waals surface area contributed by atoms with Crippen molar-refractivity contribution in [3.05, 3.63) is 87.9 Å². The molecule has 3 N–H and O–H groups in total. The summed E-state index contributed by atoms with van der Waals surface area (Å²) in [6, 6.07) is 15.9. The standard InChI is InChI=1S/C25H26ClN3O4S/c1-15(2)27-25(31)19-7-5-6-8-21(19)28-24(30)18-11-12-20(26)23(14-18)34(32,33)29-22-13-16(3)9-10-17(22)4/h5-15,29H,1-4H3,(H,27,31)(H,28,30). The van der Waals surface area contributed by atoms with E-state index in [0.29, 0.717) is 16.9 Å². The maximum atomic E-state index is 13.1. The molecule has 2 amide bonds. The molecule has 3 aromatic carbocycles. The lowest BCUT2D eigenvalue weighted by Gasteiger charge is -2.15. The average Bonchev–Trinajstić information content (AvgIpc) is 2.76. The van der Waals surface area contributed by atoms with Gasteiger partial charge in [0.15, 0.2) is 0 Å². The second-order valence-corrected chi connectivity index (χ2v) is 10.3. The molecular formula is C25H26ClN3O4S. The van der Waals surface area contributed by atoms with E-state index in [-0.39, 0.29) is 27.4 Å². The van der Waals surface area contributed by atoms with Gasteiger partial charge in [0.1, 0.15) is 4.90 Å². The van der Waals surface area contributed by atoms with Crippen molar-refractivity contribution in [2.24, 2.45) is 0 Å². The highest BCUT2D eigenvalue weighted by Gasteiger charge is 2.22. The topological polar surface area (TPSA) is 104 Å². The van der Waals surface area contributed by atoms with Gasteiger partial charge in [-0.2, -0.15) is 0 Å². The van der Waals surface area contributed by atoms with Crippen LogP contribution >= 0.6 is 11.6 Å². The van der Waals surface area contributed by atoms with Crippen LogP contribution in [0.3, 0.4) is 0 Å². The lowest BCUT2D eigenvalue weighted by Crippen LogP contribution is -2.31. The smallest absolute Gasteiger partial charge is 0.263 e. The molecule has 0 aromatic heterocycles. The van der Waals surface area contributed by atoms with Gasteiger partial charge in [-0.25, -0.2) is 8.42 Å². The molecule has 0 saturated carbocycles. The van der Waals surface area contributed by atoms with E-state index in [4.69, 9.17) is 11.6 Å². The number of rotatable bonds is 7. The SMILES string of the molecule is Cc1ccc(C)c(NS(=O)(=O)c2cc(C(=O)Nc3ccccc3C(=O)NC(C)C)ccc2Cl)c1. The van der Waals surface area contributed by atoms with Crippen LogP contribution in [0.15, 0.2) is 65.6 Å². The van der Waals surface area contributed by atoms with Gasteiger partial charge >= 0.3 is 0 Å². The first-order valence-electron chi connectivity index (χ1n) is 10.6. The Labute approximate surface area is 204 Å². The largest absolute Gasteiger partial charge is 0.350 e. The van der Waals surface area contributed by atoms with E-state index in [1.54, 1.807) is 37.3 Å². The van der Waals surface area contributed by atoms with E-state index in [2.05, 4.69) is 15.4 Å². The van der Waals surface area contributed by atoms with Crippen molar-refractivity contribution in [1.82, 2.24) is 5.32 Å². The Hall–Kier alpha value is -3.36. The van der Waals surface area contributed by atoms with Crippen LogP contribution in [-0.4, -0.2) is 26.3 Å².